The molecule has 0 saturated carbocycles. The first-order chi connectivity index (χ1) is 10.1. The molecule has 1 amide bonds. The van der Waals surface area contributed by atoms with Crippen molar-refractivity contribution in [2.75, 3.05) is 17.2 Å². The summed E-state index contributed by atoms with van der Waals surface area (Å²) in [6.45, 7) is 2.65. The van der Waals surface area contributed by atoms with Gasteiger partial charge in [-0.25, -0.2) is 0 Å². The molecule has 21 heavy (non-hydrogen) atoms. The van der Waals surface area contributed by atoms with Crippen molar-refractivity contribution in [3.8, 4) is 0 Å². The van der Waals surface area contributed by atoms with Crippen LogP contribution in [0.3, 0.4) is 0 Å². The van der Waals surface area contributed by atoms with E-state index in [0.717, 1.165) is 35.1 Å². The third-order valence-electron chi connectivity index (χ3n) is 4.00. The Balaban J connectivity index is 2.05. The summed E-state index contributed by atoms with van der Waals surface area (Å²) in [5.74, 6) is 0.0210. The fourth-order valence-electron chi connectivity index (χ4n) is 2.81. The van der Waals surface area contributed by atoms with Crippen LogP contribution in [0, 0.1) is 6.92 Å². The molecule has 3 nitrogen and oxygen atoms in total. The molecule has 2 N–H and O–H groups in total. The molecule has 0 fully saturated rings. The molecule has 2 aromatic carbocycles. The van der Waals surface area contributed by atoms with E-state index in [1.54, 1.807) is 0 Å². The molecule has 108 valence electrons. The predicted octanol–water partition coefficient (Wildman–Crippen LogP) is 3.93. The molecule has 0 saturated heterocycles. The van der Waals surface area contributed by atoms with Gasteiger partial charge in [0.2, 0.25) is 0 Å². The van der Waals surface area contributed by atoms with Gasteiger partial charge in [0.1, 0.15) is 0 Å². The highest BCUT2D eigenvalue weighted by molar-refractivity contribution is 9.10. The molecule has 0 radical (unpaired) electrons. The third kappa shape index (κ3) is 2.56. The van der Waals surface area contributed by atoms with Crippen LogP contribution in [0.5, 0.6) is 0 Å². The van der Waals surface area contributed by atoms with Gasteiger partial charge in [-0.2, -0.15) is 0 Å². The van der Waals surface area contributed by atoms with Gasteiger partial charge in [-0.3, -0.25) is 4.79 Å². The SMILES string of the molecule is Cc1c(N)cc(Br)cc1C(=O)N1CCCc2ccccc21. The number of aryl methyl sites for hydroxylation is 1. The van der Waals surface area contributed by atoms with Gasteiger partial charge in [0.25, 0.3) is 5.91 Å². The molecule has 1 aliphatic rings. The Morgan fingerprint density at radius 2 is 2.05 bits per heavy atom. The van der Waals surface area contributed by atoms with Gasteiger partial charge in [0.05, 0.1) is 0 Å². The molecule has 1 aliphatic heterocycles. The number of fused-ring (bicyclic) bond motifs is 1. The number of nitrogen functional groups attached to an aromatic ring is 1. The van der Waals surface area contributed by atoms with Crippen LogP contribution >= 0.6 is 15.9 Å². The Bertz CT molecular complexity index is 712. The second-order valence-corrected chi connectivity index (χ2v) is 6.27. The molecule has 3 rings (SSSR count). The van der Waals surface area contributed by atoms with Gasteiger partial charge in [-0.05, 0) is 49.1 Å². The Morgan fingerprint density at radius 1 is 1.29 bits per heavy atom. The Morgan fingerprint density at radius 3 is 2.86 bits per heavy atom. The molecule has 0 unspecified atom stereocenters. The van der Waals surface area contributed by atoms with Crippen molar-refractivity contribution in [3.05, 3.63) is 57.6 Å². The molecular weight excluding hydrogens is 328 g/mol. The van der Waals surface area contributed by atoms with Crippen LogP contribution in [0.15, 0.2) is 40.9 Å². The topological polar surface area (TPSA) is 46.3 Å². The minimum atomic E-state index is 0.0210. The normalized spacial score (nSPS) is 13.9. The number of rotatable bonds is 1. The lowest BCUT2D eigenvalue weighted by Crippen LogP contribution is -2.35. The second kappa shape index (κ2) is 5.53. The van der Waals surface area contributed by atoms with E-state index in [1.165, 1.54) is 5.56 Å². The highest BCUT2D eigenvalue weighted by Crippen LogP contribution is 2.30. The maximum absolute atomic E-state index is 12.9. The van der Waals surface area contributed by atoms with Crippen molar-refractivity contribution >= 4 is 33.2 Å². The van der Waals surface area contributed by atoms with E-state index in [2.05, 4.69) is 22.0 Å². The van der Waals surface area contributed by atoms with Crippen molar-refractivity contribution in [2.45, 2.75) is 19.8 Å². The predicted molar refractivity (Wildman–Crippen MR) is 89.7 cm³/mol. The molecule has 0 atom stereocenters. The van der Waals surface area contributed by atoms with Crippen molar-refractivity contribution in [3.63, 3.8) is 0 Å². The number of nitrogens with zero attached hydrogens (tertiary/aromatic N) is 1. The maximum atomic E-state index is 12.9. The number of benzene rings is 2. The van der Waals surface area contributed by atoms with Gasteiger partial charge in [-0.15, -0.1) is 0 Å². The highest BCUT2D eigenvalue weighted by Gasteiger charge is 2.25. The van der Waals surface area contributed by atoms with Crippen molar-refractivity contribution in [1.29, 1.82) is 0 Å². The molecule has 0 aromatic heterocycles. The number of hydrogen-bond acceptors (Lipinski definition) is 2. The van der Waals surface area contributed by atoms with Crippen LogP contribution in [0.2, 0.25) is 0 Å². The van der Waals surface area contributed by atoms with Gasteiger partial charge in [-0.1, -0.05) is 34.1 Å². The van der Waals surface area contributed by atoms with Crippen LogP contribution in [0.4, 0.5) is 11.4 Å². The zero-order chi connectivity index (χ0) is 15.0. The number of amides is 1. The minimum absolute atomic E-state index is 0.0210. The summed E-state index contributed by atoms with van der Waals surface area (Å²) in [5, 5.41) is 0. The first-order valence-electron chi connectivity index (χ1n) is 7.03. The molecule has 0 aliphatic carbocycles. The summed E-state index contributed by atoms with van der Waals surface area (Å²) < 4.78 is 0.833. The van der Waals surface area contributed by atoms with Gasteiger partial charge >= 0.3 is 0 Å². The summed E-state index contributed by atoms with van der Waals surface area (Å²) in [7, 11) is 0. The quantitative estimate of drug-likeness (QED) is 0.796. The van der Waals surface area contributed by atoms with Crippen molar-refractivity contribution in [2.24, 2.45) is 0 Å². The Labute approximate surface area is 132 Å². The minimum Gasteiger partial charge on any atom is -0.398 e. The number of anilines is 2. The lowest BCUT2D eigenvalue weighted by atomic mass is 9.99. The number of hydrogen-bond donors (Lipinski definition) is 1. The fourth-order valence-corrected chi connectivity index (χ4v) is 3.29. The van der Waals surface area contributed by atoms with Crippen molar-refractivity contribution in [1.82, 2.24) is 0 Å². The molecule has 0 bridgehead atoms. The van der Waals surface area contributed by atoms with E-state index < -0.39 is 0 Å². The maximum Gasteiger partial charge on any atom is 0.258 e. The first kappa shape index (κ1) is 14.1. The smallest absolute Gasteiger partial charge is 0.258 e. The van der Waals surface area contributed by atoms with E-state index in [0.29, 0.717) is 11.3 Å². The summed E-state index contributed by atoms with van der Waals surface area (Å²) in [6.07, 6.45) is 2.02. The highest BCUT2D eigenvalue weighted by atomic mass is 79.9. The van der Waals surface area contributed by atoms with E-state index >= 15 is 0 Å². The van der Waals surface area contributed by atoms with Crippen LogP contribution < -0.4 is 10.6 Å². The number of carbonyl (C=O) groups is 1. The van der Waals surface area contributed by atoms with Crippen LogP contribution in [-0.4, -0.2) is 12.5 Å². The summed E-state index contributed by atoms with van der Waals surface area (Å²) in [6, 6.07) is 11.8. The molecule has 1 heterocycles. The second-order valence-electron chi connectivity index (χ2n) is 5.36. The standard InChI is InChI=1S/C17H17BrN2O/c1-11-14(9-13(18)10-15(11)19)17(21)20-8-4-6-12-5-2-3-7-16(12)20/h2-3,5,7,9-10H,4,6,8,19H2,1H3. The zero-order valence-electron chi connectivity index (χ0n) is 11.9. The summed E-state index contributed by atoms with van der Waals surface area (Å²) in [5.41, 5.74) is 10.4. The average Bonchev–Trinajstić information content (AvgIpc) is 2.49. The number of para-hydroxylation sites is 1. The summed E-state index contributed by atoms with van der Waals surface area (Å²) >= 11 is 3.42. The van der Waals surface area contributed by atoms with Crippen LogP contribution in [-0.2, 0) is 6.42 Å². The molecule has 4 heteroatoms. The summed E-state index contributed by atoms with van der Waals surface area (Å²) in [4.78, 5) is 14.8. The van der Waals surface area contributed by atoms with Gasteiger partial charge in [0, 0.05) is 28.0 Å². The first-order valence-corrected chi connectivity index (χ1v) is 7.82. The van der Waals surface area contributed by atoms with Crippen LogP contribution in [0.1, 0.15) is 27.9 Å². The van der Waals surface area contributed by atoms with E-state index in [4.69, 9.17) is 5.73 Å². The molecule has 0 spiro atoms. The van der Waals surface area contributed by atoms with Crippen molar-refractivity contribution < 1.29 is 4.79 Å². The fraction of sp³-hybridized carbons (Fsp3) is 0.235. The Kier molecular flexibility index (Phi) is 3.72. The Hall–Kier alpha value is -1.81. The number of halogens is 1. The number of nitrogens with two attached hydrogens (primary N) is 1. The largest absolute Gasteiger partial charge is 0.398 e. The number of carbonyl (C=O) groups excluding carboxylic acids is 1. The van der Waals surface area contributed by atoms with Gasteiger partial charge < -0.3 is 10.6 Å². The average molecular weight is 345 g/mol. The zero-order valence-corrected chi connectivity index (χ0v) is 13.5. The van der Waals surface area contributed by atoms with E-state index in [9.17, 15) is 4.79 Å². The monoisotopic (exact) mass is 344 g/mol. The molecule has 2 aromatic rings. The van der Waals surface area contributed by atoms with Crippen LogP contribution in [0.25, 0.3) is 0 Å². The lowest BCUT2D eigenvalue weighted by Gasteiger charge is -2.30. The third-order valence-corrected chi connectivity index (χ3v) is 4.46. The van der Waals surface area contributed by atoms with E-state index in [-0.39, 0.29) is 5.91 Å². The lowest BCUT2D eigenvalue weighted by molar-refractivity contribution is 0.0984. The van der Waals surface area contributed by atoms with E-state index in [1.807, 2.05) is 42.2 Å². The van der Waals surface area contributed by atoms with Gasteiger partial charge in [0.15, 0.2) is 0 Å². The molecular formula is C17H17BrN2O.